The van der Waals surface area contributed by atoms with Crippen LogP contribution in [0.5, 0.6) is 0 Å². The molecule has 5 nitrogen and oxygen atoms in total. The van der Waals surface area contributed by atoms with E-state index < -0.39 is 0 Å². The molecule has 0 aliphatic carbocycles. The van der Waals surface area contributed by atoms with Crippen LogP contribution in [-0.4, -0.2) is 4.98 Å². The largest absolute Gasteiger partial charge is 0.456 e. The summed E-state index contributed by atoms with van der Waals surface area (Å²) >= 11 is 0. The highest BCUT2D eigenvalue weighted by Gasteiger charge is 2.26. The van der Waals surface area contributed by atoms with Crippen LogP contribution in [0.25, 0.3) is 54.8 Å². The summed E-state index contributed by atoms with van der Waals surface area (Å²) in [7, 11) is 0. The number of hydrogen-bond donors (Lipinski definition) is 0. The second-order valence-electron chi connectivity index (χ2n) is 12.4. The smallest absolute Gasteiger partial charge is 0.159 e. The number of pyridine rings is 1. The Hall–Kier alpha value is -6.85. The molecule has 7 aromatic carbocycles. The summed E-state index contributed by atoms with van der Waals surface area (Å²) in [6, 6.07) is 58.8. The van der Waals surface area contributed by atoms with Crippen LogP contribution in [0, 0.1) is 0 Å². The van der Waals surface area contributed by atoms with Gasteiger partial charge in [0.15, 0.2) is 5.58 Å². The minimum absolute atomic E-state index is 0.786. The molecule has 0 radical (unpaired) electrons. The first-order valence-corrected chi connectivity index (χ1v) is 16.7. The van der Waals surface area contributed by atoms with Crippen LogP contribution in [-0.2, 0) is 0 Å². The summed E-state index contributed by atoms with van der Waals surface area (Å²) in [5, 5.41) is 5.14. The van der Waals surface area contributed by atoms with Gasteiger partial charge in [-0.3, -0.25) is 4.98 Å². The van der Waals surface area contributed by atoms with E-state index in [2.05, 4.69) is 149 Å². The summed E-state index contributed by atoms with van der Waals surface area (Å²) < 4.78 is 13.3. The lowest BCUT2D eigenvalue weighted by Crippen LogP contribution is -2.13. The molecule has 0 bridgehead atoms. The zero-order chi connectivity index (χ0) is 33.0. The Balaban J connectivity index is 1.35. The lowest BCUT2D eigenvalue weighted by molar-refractivity contribution is 0.668. The average Bonchev–Trinajstić information content (AvgIpc) is 3.74. The molecule has 0 N–H and O–H groups in total. The van der Waals surface area contributed by atoms with Crippen molar-refractivity contribution in [1.29, 1.82) is 0 Å². The van der Waals surface area contributed by atoms with Crippen molar-refractivity contribution in [3.05, 3.63) is 176 Å². The van der Waals surface area contributed by atoms with Crippen LogP contribution < -0.4 is 9.80 Å². The summed E-state index contributed by atoms with van der Waals surface area (Å²) in [6.07, 6.45) is 1.84. The molecule has 0 atom stereocenters. The maximum absolute atomic E-state index is 6.93. The predicted molar refractivity (Wildman–Crippen MR) is 206 cm³/mol. The Kier molecular flexibility index (Phi) is 6.42. The third kappa shape index (κ3) is 4.52. The Morgan fingerprint density at radius 3 is 1.80 bits per heavy atom. The molecule has 0 spiro atoms. The molecule has 50 heavy (non-hydrogen) atoms. The van der Waals surface area contributed by atoms with Crippen molar-refractivity contribution in [3.63, 3.8) is 0 Å². The van der Waals surface area contributed by atoms with Crippen molar-refractivity contribution < 1.29 is 8.83 Å². The number of fused-ring (bicyclic) bond motifs is 7. The summed E-state index contributed by atoms with van der Waals surface area (Å²) in [5.41, 5.74) is 10.2. The van der Waals surface area contributed by atoms with E-state index >= 15 is 0 Å². The van der Waals surface area contributed by atoms with Crippen molar-refractivity contribution >= 4 is 88.9 Å². The molecule has 3 heterocycles. The topological polar surface area (TPSA) is 45.7 Å². The predicted octanol–water partition coefficient (Wildman–Crippen LogP) is 13.0. The zero-order valence-electron chi connectivity index (χ0n) is 26.9. The molecule has 10 aromatic rings. The third-order valence-electron chi connectivity index (χ3n) is 9.42. The Bertz CT molecular complexity index is 2790. The summed E-state index contributed by atoms with van der Waals surface area (Å²) in [6.45, 7) is 0. The maximum Gasteiger partial charge on any atom is 0.159 e. The highest BCUT2D eigenvalue weighted by atomic mass is 16.3. The van der Waals surface area contributed by atoms with E-state index in [9.17, 15) is 0 Å². The fraction of sp³-hybridized carbons (Fsp3) is 0. The minimum Gasteiger partial charge on any atom is -0.456 e. The van der Waals surface area contributed by atoms with Crippen LogP contribution in [0.4, 0.5) is 34.1 Å². The SMILES string of the molecule is c1ccc(N(c2ccccc2)c2cc(N(c3ccccc3)c3cccc4oc5ccccc5c34)c3oc4cc5cccnc5cc4c3c2)cc1. The van der Waals surface area contributed by atoms with Crippen molar-refractivity contribution in [1.82, 2.24) is 4.98 Å². The van der Waals surface area contributed by atoms with Crippen molar-refractivity contribution in [2.75, 3.05) is 9.80 Å². The van der Waals surface area contributed by atoms with E-state index in [1.807, 2.05) is 36.5 Å². The minimum atomic E-state index is 0.786. The van der Waals surface area contributed by atoms with Crippen LogP contribution in [0.3, 0.4) is 0 Å². The van der Waals surface area contributed by atoms with E-state index in [1.54, 1.807) is 0 Å². The van der Waals surface area contributed by atoms with Crippen molar-refractivity contribution in [3.8, 4) is 0 Å². The quantitative estimate of drug-likeness (QED) is 0.180. The number of nitrogens with zero attached hydrogens (tertiary/aromatic N) is 3. The monoisotopic (exact) mass is 643 g/mol. The Labute approximate surface area is 287 Å². The number of hydrogen-bond acceptors (Lipinski definition) is 5. The number of aromatic nitrogens is 1. The van der Waals surface area contributed by atoms with Crippen molar-refractivity contribution in [2.45, 2.75) is 0 Å². The first-order valence-electron chi connectivity index (χ1n) is 16.7. The molecule has 0 aliphatic rings. The number of furan rings is 2. The third-order valence-corrected chi connectivity index (χ3v) is 9.42. The van der Waals surface area contributed by atoms with Crippen LogP contribution in [0.15, 0.2) is 185 Å². The number of para-hydroxylation sites is 4. The lowest BCUT2D eigenvalue weighted by Gasteiger charge is -2.30. The molecule has 0 saturated heterocycles. The molecular weight excluding hydrogens is 615 g/mol. The molecule has 236 valence electrons. The number of benzene rings is 7. The summed E-state index contributed by atoms with van der Waals surface area (Å²) in [4.78, 5) is 9.32. The second-order valence-corrected chi connectivity index (χ2v) is 12.4. The van der Waals surface area contributed by atoms with Gasteiger partial charge in [0.1, 0.15) is 16.7 Å². The Morgan fingerprint density at radius 1 is 0.400 bits per heavy atom. The van der Waals surface area contributed by atoms with Gasteiger partial charge >= 0.3 is 0 Å². The number of anilines is 6. The zero-order valence-corrected chi connectivity index (χ0v) is 26.9. The molecule has 10 rings (SSSR count). The molecule has 0 aliphatic heterocycles. The van der Waals surface area contributed by atoms with E-state index in [0.717, 1.165) is 88.9 Å². The molecule has 0 saturated carbocycles. The van der Waals surface area contributed by atoms with Gasteiger partial charge in [-0.15, -0.1) is 0 Å². The summed E-state index contributed by atoms with van der Waals surface area (Å²) in [5.74, 6) is 0. The fourth-order valence-electron chi connectivity index (χ4n) is 7.23. The lowest BCUT2D eigenvalue weighted by atomic mass is 10.0. The van der Waals surface area contributed by atoms with Crippen LogP contribution >= 0.6 is 0 Å². The standard InChI is InChI=1S/C45H29N3O2/c1-4-15-31(16-5-1)47(32-17-6-2-7-18-32)34-27-37-36-29-38-30(14-13-25-46-38)26-43(36)50-45(37)40(28-34)48(33-19-8-3-9-20-33)39-22-12-24-42-44(39)35-21-10-11-23-41(35)49-42/h1-29H. The van der Waals surface area contributed by atoms with Gasteiger partial charge in [0.05, 0.1) is 22.3 Å². The molecule has 0 unspecified atom stereocenters. The maximum atomic E-state index is 6.93. The van der Waals surface area contributed by atoms with E-state index in [-0.39, 0.29) is 0 Å². The van der Waals surface area contributed by atoms with Gasteiger partial charge in [0.2, 0.25) is 0 Å². The van der Waals surface area contributed by atoms with Gasteiger partial charge in [-0.05, 0) is 84.9 Å². The molecule has 3 aromatic heterocycles. The van der Waals surface area contributed by atoms with E-state index in [4.69, 9.17) is 13.8 Å². The highest BCUT2D eigenvalue weighted by molar-refractivity contribution is 6.18. The van der Waals surface area contributed by atoms with E-state index in [0.29, 0.717) is 0 Å². The van der Waals surface area contributed by atoms with Crippen LogP contribution in [0.2, 0.25) is 0 Å². The molecule has 0 fully saturated rings. The van der Waals surface area contributed by atoms with Gasteiger partial charge in [-0.25, -0.2) is 0 Å². The van der Waals surface area contributed by atoms with Gasteiger partial charge in [0.25, 0.3) is 0 Å². The molecular formula is C45H29N3O2. The first-order chi connectivity index (χ1) is 24.8. The second kappa shape index (κ2) is 11.4. The van der Waals surface area contributed by atoms with Crippen molar-refractivity contribution in [2.24, 2.45) is 0 Å². The molecule has 5 heteroatoms. The first kappa shape index (κ1) is 28.2. The number of rotatable bonds is 6. The van der Waals surface area contributed by atoms with Gasteiger partial charge in [0, 0.05) is 50.5 Å². The normalized spacial score (nSPS) is 11.6. The van der Waals surface area contributed by atoms with E-state index in [1.165, 1.54) is 0 Å². The van der Waals surface area contributed by atoms with Gasteiger partial charge in [-0.1, -0.05) is 84.9 Å². The molecule has 0 amide bonds. The van der Waals surface area contributed by atoms with Gasteiger partial charge in [-0.2, -0.15) is 0 Å². The average molecular weight is 644 g/mol. The van der Waals surface area contributed by atoms with Crippen LogP contribution in [0.1, 0.15) is 0 Å². The fourth-order valence-corrected chi connectivity index (χ4v) is 7.23. The Morgan fingerprint density at radius 2 is 1.06 bits per heavy atom. The van der Waals surface area contributed by atoms with Gasteiger partial charge < -0.3 is 18.6 Å². The highest BCUT2D eigenvalue weighted by Crippen LogP contribution is 2.49.